The average molecular weight is 304 g/mol. The van der Waals surface area contributed by atoms with E-state index >= 15 is 0 Å². The fraction of sp³-hybridized carbons (Fsp3) is 0.286. The van der Waals surface area contributed by atoms with Crippen LogP contribution in [-0.4, -0.2) is 28.0 Å². The summed E-state index contributed by atoms with van der Waals surface area (Å²) in [6, 6.07) is 1.53. The summed E-state index contributed by atoms with van der Waals surface area (Å²) in [5.74, 6) is -0.492. The van der Waals surface area contributed by atoms with Crippen LogP contribution in [0.25, 0.3) is 0 Å². The van der Waals surface area contributed by atoms with E-state index in [0.29, 0.717) is 10.2 Å². The van der Waals surface area contributed by atoms with E-state index in [-0.39, 0.29) is 11.3 Å². The van der Waals surface area contributed by atoms with Gasteiger partial charge in [-0.1, -0.05) is 0 Å². The maximum atomic E-state index is 11.6. The molecular formula is C14H16N4O2S. The highest BCUT2D eigenvalue weighted by Crippen LogP contribution is 2.30. The van der Waals surface area contributed by atoms with Crippen molar-refractivity contribution in [2.24, 2.45) is 0 Å². The molecule has 110 valence electrons. The van der Waals surface area contributed by atoms with E-state index in [9.17, 15) is 4.79 Å². The van der Waals surface area contributed by atoms with Crippen molar-refractivity contribution in [3.63, 3.8) is 0 Å². The van der Waals surface area contributed by atoms with E-state index in [1.165, 1.54) is 31.1 Å². The minimum absolute atomic E-state index is 0.272. The van der Waals surface area contributed by atoms with Gasteiger partial charge in [0.25, 0.3) is 0 Å². The lowest BCUT2D eigenvalue weighted by Gasteiger charge is -2.09. The Morgan fingerprint density at radius 1 is 1.24 bits per heavy atom. The molecule has 2 aromatic heterocycles. The molecule has 21 heavy (non-hydrogen) atoms. The Balaban J connectivity index is 2.38. The van der Waals surface area contributed by atoms with Gasteiger partial charge in [-0.25, -0.2) is 19.7 Å². The first-order valence-electron chi connectivity index (χ1n) is 6.26. The summed E-state index contributed by atoms with van der Waals surface area (Å²) < 4.78 is 4.69. The molecule has 0 amide bonds. The molecule has 7 heteroatoms. The molecule has 2 rings (SSSR count). The number of nitrogen functional groups attached to an aromatic ring is 1. The molecule has 0 aliphatic heterocycles. The highest BCUT2D eigenvalue weighted by atomic mass is 32.2. The maximum Gasteiger partial charge on any atom is 0.340 e. The van der Waals surface area contributed by atoms with Crippen molar-refractivity contribution in [3.05, 3.63) is 34.8 Å². The van der Waals surface area contributed by atoms with Gasteiger partial charge in [-0.15, -0.1) is 0 Å². The lowest BCUT2D eigenvalue weighted by molar-refractivity contribution is 0.0601. The first-order valence-corrected chi connectivity index (χ1v) is 7.08. The largest absolute Gasteiger partial charge is 0.465 e. The van der Waals surface area contributed by atoms with Crippen molar-refractivity contribution in [2.45, 2.75) is 31.0 Å². The number of aromatic nitrogens is 3. The maximum absolute atomic E-state index is 11.6. The number of nitrogens with zero attached hydrogens (tertiary/aromatic N) is 3. The van der Waals surface area contributed by atoms with Crippen LogP contribution in [0.3, 0.4) is 0 Å². The second-order valence-corrected chi connectivity index (χ2v) is 5.43. The number of rotatable bonds is 3. The molecule has 0 aromatic carbocycles. The zero-order chi connectivity index (χ0) is 15.6. The molecule has 0 saturated carbocycles. The number of nitrogens with two attached hydrogens (primary N) is 1. The Labute approximate surface area is 127 Å². The monoisotopic (exact) mass is 304 g/mol. The number of anilines is 1. The van der Waals surface area contributed by atoms with Crippen LogP contribution in [0.2, 0.25) is 0 Å². The zero-order valence-corrected chi connectivity index (χ0v) is 13.1. The Morgan fingerprint density at radius 2 is 1.86 bits per heavy atom. The number of aryl methyl sites for hydroxylation is 2. The van der Waals surface area contributed by atoms with Gasteiger partial charge in [-0.3, -0.25) is 0 Å². The minimum atomic E-state index is -0.492. The van der Waals surface area contributed by atoms with E-state index in [1.807, 2.05) is 20.8 Å². The summed E-state index contributed by atoms with van der Waals surface area (Å²) in [6.45, 7) is 5.83. The number of ether oxygens (including phenoxy) is 1. The summed E-state index contributed by atoms with van der Waals surface area (Å²) in [6.07, 6.45) is 1.51. The molecule has 2 aromatic rings. The number of hydrogen-bond donors (Lipinski definition) is 1. The highest BCUT2D eigenvalue weighted by molar-refractivity contribution is 7.99. The summed E-state index contributed by atoms with van der Waals surface area (Å²) in [5, 5.41) is 1.04. The first kappa shape index (κ1) is 15.2. The van der Waals surface area contributed by atoms with Gasteiger partial charge >= 0.3 is 5.97 Å². The SMILES string of the molecule is COC(=O)c1ccnc(Sc2nc(C)c(C)c(C)n2)c1N. The van der Waals surface area contributed by atoms with Crippen molar-refractivity contribution in [1.29, 1.82) is 0 Å². The number of pyridine rings is 1. The number of carbonyl (C=O) groups excluding carboxylic acids is 1. The van der Waals surface area contributed by atoms with E-state index in [1.54, 1.807) is 0 Å². The van der Waals surface area contributed by atoms with Gasteiger partial charge in [-0.2, -0.15) is 0 Å². The van der Waals surface area contributed by atoms with Gasteiger partial charge in [0.1, 0.15) is 5.03 Å². The van der Waals surface area contributed by atoms with E-state index in [2.05, 4.69) is 19.7 Å². The number of methoxy groups -OCH3 is 1. The smallest absolute Gasteiger partial charge is 0.340 e. The lowest BCUT2D eigenvalue weighted by Crippen LogP contribution is -2.07. The molecule has 0 unspecified atom stereocenters. The summed E-state index contributed by atoms with van der Waals surface area (Å²) >= 11 is 1.23. The molecule has 0 bridgehead atoms. The third-order valence-electron chi connectivity index (χ3n) is 3.16. The quantitative estimate of drug-likeness (QED) is 0.687. The van der Waals surface area contributed by atoms with E-state index in [4.69, 9.17) is 5.73 Å². The lowest BCUT2D eigenvalue weighted by atomic mass is 10.2. The van der Waals surface area contributed by atoms with Crippen molar-refractivity contribution >= 4 is 23.4 Å². The van der Waals surface area contributed by atoms with Crippen LogP contribution in [0.15, 0.2) is 22.4 Å². The van der Waals surface area contributed by atoms with Crippen molar-refractivity contribution in [2.75, 3.05) is 12.8 Å². The minimum Gasteiger partial charge on any atom is -0.465 e. The van der Waals surface area contributed by atoms with Gasteiger partial charge in [0.2, 0.25) is 0 Å². The summed E-state index contributed by atoms with van der Waals surface area (Å²) in [7, 11) is 1.31. The van der Waals surface area contributed by atoms with Crippen molar-refractivity contribution < 1.29 is 9.53 Å². The zero-order valence-electron chi connectivity index (χ0n) is 12.3. The van der Waals surface area contributed by atoms with Crippen molar-refractivity contribution in [1.82, 2.24) is 15.0 Å². The molecule has 0 aliphatic carbocycles. The van der Waals surface area contributed by atoms with Crippen molar-refractivity contribution in [3.8, 4) is 0 Å². The molecule has 2 heterocycles. The number of carbonyl (C=O) groups is 1. The molecule has 6 nitrogen and oxygen atoms in total. The normalized spacial score (nSPS) is 10.5. The predicted octanol–water partition coefficient (Wildman–Crippen LogP) is 2.32. The molecule has 0 radical (unpaired) electrons. The second-order valence-electron chi connectivity index (χ2n) is 4.47. The van der Waals surface area contributed by atoms with Gasteiger partial charge in [-0.05, 0) is 44.2 Å². The molecule has 0 saturated heterocycles. The molecule has 2 N–H and O–H groups in total. The first-order chi connectivity index (χ1) is 9.93. The van der Waals surface area contributed by atoms with Gasteiger partial charge in [0.15, 0.2) is 5.16 Å². The molecular weight excluding hydrogens is 288 g/mol. The summed E-state index contributed by atoms with van der Waals surface area (Å²) in [5.41, 5.74) is 9.41. The van der Waals surface area contributed by atoms with Crippen LogP contribution in [0.5, 0.6) is 0 Å². The molecule has 0 atom stereocenters. The number of esters is 1. The van der Waals surface area contributed by atoms with Gasteiger partial charge < -0.3 is 10.5 Å². The van der Waals surface area contributed by atoms with E-state index < -0.39 is 5.97 Å². The molecule has 0 spiro atoms. The fourth-order valence-electron chi connectivity index (χ4n) is 1.70. The van der Waals surface area contributed by atoms with Gasteiger partial charge in [0.05, 0.1) is 18.4 Å². The topological polar surface area (TPSA) is 91.0 Å². The third-order valence-corrected chi connectivity index (χ3v) is 4.04. The van der Waals surface area contributed by atoms with Crippen LogP contribution in [-0.2, 0) is 4.74 Å². The third kappa shape index (κ3) is 3.13. The molecule has 0 aliphatic rings. The van der Waals surface area contributed by atoms with Crippen LogP contribution >= 0.6 is 11.8 Å². The Kier molecular flexibility index (Phi) is 4.42. The van der Waals surface area contributed by atoms with Crippen LogP contribution in [0, 0.1) is 20.8 Å². The predicted molar refractivity (Wildman–Crippen MR) is 80.4 cm³/mol. The Bertz CT molecular complexity index is 680. The highest BCUT2D eigenvalue weighted by Gasteiger charge is 2.16. The Morgan fingerprint density at radius 3 is 2.43 bits per heavy atom. The van der Waals surface area contributed by atoms with Crippen LogP contribution < -0.4 is 5.73 Å². The molecule has 0 fully saturated rings. The van der Waals surface area contributed by atoms with Crippen LogP contribution in [0.4, 0.5) is 5.69 Å². The summed E-state index contributed by atoms with van der Waals surface area (Å²) in [4.78, 5) is 24.6. The van der Waals surface area contributed by atoms with Crippen LogP contribution in [0.1, 0.15) is 27.3 Å². The average Bonchev–Trinajstić information content (AvgIpc) is 2.46. The Hall–Kier alpha value is -2.15. The second kappa shape index (κ2) is 6.09. The van der Waals surface area contributed by atoms with E-state index in [0.717, 1.165) is 17.0 Å². The number of hydrogen-bond acceptors (Lipinski definition) is 7. The standard InChI is InChI=1S/C14H16N4O2S/c1-7-8(2)17-14(18-9(7)3)21-12-11(15)10(5-6-16-12)13(19)20-4/h5-6H,15H2,1-4H3. The van der Waals surface area contributed by atoms with Gasteiger partial charge in [0, 0.05) is 17.6 Å². The fourth-order valence-corrected chi connectivity index (χ4v) is 2.57.